The van der Waals surface area contributed by atoms with Crippen LogP contribution in [0.15, 0.2) is 41.8 Å². The molecule has 0 radical (unpaired) electrons. The minimum absolute atomic E-state index is 0.0845. The first-order valence-electron chi connectivity index (χ1n) is 6.47. The molecule has 0 aliphatic carbocycles. The van der Waals surface area contributed by atoms with Crippen molar-refractivity contribution < 1.29 is 9.90 Å². The van der Waals surface area contributed by atoms with Crippen molar-refractivity contribution in [3.05, 3.63) is 51.4 Å². The summed E-state index contributed by atoms with van der Waals surface area (Å²) in [5, 5.41) is 13.5. The molecule has 0 bridgehead atoms. The minimum Gasteiger partial charge on any atom is -0.507 e. The van der Waals surface area contributed by atoms with Crippen LogP contribution in [-0.2, 0) is 0 Å². The van der Waals surface area contributed by atoms with Crippen LogP contribution in [0.2, 0.25) is 0 Å². The zero-order valence-corrected chi connectivity index (χ0v) is 13.9. The lowest BCUT2D eigenvalue weighted by Gasteiger charge is -2.04. The van der Waals surface area contributed by atoms with E-state index in [-0.39, 0.29) is 11.7 Å². The molecule has 5 nitrogen and oxygen atoms in total. The van der Waals surface area contributed by atoms with Crippen LogP contribution in [0, 0.1) is 3.57 Å². The van der Waals surface area contributed by atoms with E-state index in [0.29, 0.717) is 15.2 Å². The smallest absolute Gasteiger partial charge is 0.271 e. The van der Waals surface area contributed by atoms with Crippen molar-refractivity contribution in [2.75, 3.05) is 0 Å². The molecule has 2 N–H and O–H groups in total. The van der Waals surface area contributed by atoms with Crippen molar-refractivity contribution in [3.63, 3.8) is 0 Å². The van der Waals surface area contributed by atoms with E-state index in [1.54, 1.807) is 18.3 Å². The van der Waals surface area contributed by atoms with Gasteiger partial charge in [-0.1, -0.05) is 0 Å². The Bertz CT molecular complexity index is 677. The Morgan fingerprint density at radius 2 is 2.19 bits per heavy atom. The van der Waals surface area contributed by atoms with Gasteiger partial charge in [0, 0.05) is 29.6 Å². The lowest BCUT2D eigenvalue weighted by molar-refractivity contribution is 0.0954. The summed E-state index contributed by atoms with van der Waals surface area (Å²) in [6.07, 6.45) is 5.51. The molecule has 1 amide bonds. The average molecular weight is 397 g/mol. The molecule has 0 aliphatic heterocycles. The Morgan fingerprint density at radius 3 is 2.81 bits per heavy atom. The highest BCUT2D eigenvalue weighted by Crippen LogP contribution is 2.20. The number of phenols is 1. The van der Waals surface area contributed by atoms with Crippen LogP contribution >= 0.6 is 22.6 Å². The monoisotopic (exact) mass is 397 g/mol. The highest BCUT2D eigenvalue weighted by molar-refractivity contribution is 14.1. The molecular weight excluding hydrogens is 381 g/mol. The number of nitrogens with zero attached hydrogens (tertiary/aromatic N) is 2. The van der Waals surface area contributed by atoms with Crippen molar-refractivity contribution in [1.29, 1.82) is 0 Å². The third-order valence-corrected chi connectivity index (χ3v) is 3.83. The third-order valence-electron chi connectivity index (χ3n) is 2.92. The topological polar surface area (TPSA) is 66.6 Å². The first-order chi connectivity index (χ1) is 9.97. The van der Waals surface area contributed by atoms with Gasteiger partial charge >= 0.3 is 0 Å². The number of hydrogen-bond donors (Lipinski definition) is 2. The van der Waals surface area contributed by atoms with Gasteiger partial charge in [0.1, 0.15) is 5.75 Å². The Morgan fingerprint density at radius 1 is 1.43 bits per heavy atom. The number of nitrogens with one attached hydrogen (secondary N) is 1. The van der Waals surface area contributed by atoms with E-state index in [4.69, 9.17) is 0 Å². The first kappa shape index (κ1) is 15.6. The molecule has 1 heterocycles. The quantitative estimate of drug-likeness (QED) is 0.473. The molecular formula is C15H16IN3O2. The normalized spacial score (nSPS) is 11.2. The number of halogens is 1. The molecule has 1 aromatic carbocycles. The van der Waals surface area contributed by atoms with E-state index >= 15 is 0 Å². The first-order valence-corrected chi connectivity index (χ1v) is 7.54. The molecule has 0 atom stereocenters. The SMILES string of the molecule is CC(C)n1ccc(/C=N\NC(=O)c2ccc(I)c(O)c2)c1. The van der Waals surface area contributed by atoms with E-state index in [9.17, 15) is 9.90 Å². The Hall–Kier alpha value is -1.83. The predicted molar refractivity (Wildman–Crippen MR) is 90.7 cm³/mol. The highest BCUT2D eigenvalue weighted by Gasteiger charge is 2.07. The number of aromatic nitrogens is 1. The average Bonchev–Trinajstić information content (AvgIpc) is 2.91. The van der Waals surface area contributed by atoms with Crippen LogP contribution in [0.3, 0.4) is 0 Å². The number of carbonyl (C=O) groups excluding carboxylic acids is 1. The molecule has 21 heavy (non-hydrogen) atoms. The van der Waals surface area contributed by atoms with Gasteiger partial charge in [-0.05, 0) is 60.7 Å². The van der Waals surface area contributed by atoms with E-state index < -0.39 is 0 Å². The molecule has 2 aromatic rings. The third kappa shape index (κ3) is 4.07. The van der Waals surface area contributed by atoms with Crippen LogP contribution in [0.1, 0.15) is 35.8 Å². The molecule has 0 unspecified atom stereocenters. The molecule has 1 aromatic heterocycles. The number of rotatable bonds is 4. The number of aromatic hydroxyl groups is 1. The van der Waals surface area contributed by atoms with Crippen molar-refractivity contribution in [3.8, 4) is 5.75 Å². The van der Waals surface area contributed by atoms with Gasteiger partial charge in [-0.2, -0.15) is 5.10 Å². The largest absolute Gasteiger partial charge is 0.507 e. The summed E-state index contributed by atoms with van der Waals surface area (Å²) >= 11 is 1.99. The second-order valence-electron chi connectivity index (χ2n) is 4.85. The van der Waals surface area contributed by atoms with Gasteiger partial charge in [-0.3, -0.25) is 4.79 Å². The van der Waals surface area contributed by atoms with E-state index in [0.717, 1.165) is 5.56 Å². The van der Waals surface area contributed by atoms with E-state index in [1.165, 1.54) is 6.07 Å². The van der Waals surface area contributed by atoms with Crippen LogP contribution in [0.5, 0.6) is 5.75 Å². The number of hydrogen-bond acceptors (Lipinski definition) is 3. The fourth-order valence-electron chi connectivity index (χ4n) is 1.71. The second-order valence-corrected chi connectivity index (χ2v) is 6.01. The zero-order chi connectivity index (χ0) is 15.4. The van der Waals surface area contributed by atoms with Gasteiger partial charge < -0.3 is 9.67 Å². The minimum atomic E-state index is -0.360. The molecule has 6 heteroatoms. The maximum atomic E-state index is 11.9. The summed E-state index contributed by atoms with van der Waals surface area (Å²) in [6.45, 7) is 4.18. The second kappa shape index (κ2) is 6.75. The highest BCUT2D eigenvalue weighted by atomic mass is 127. The molecule has 0 aliphatic rings. The Labute approximate surface area is 136 Å². The summed E-state index contributed by atoms with van der Waals surface area (Å²) < 4.78 is 2.75. The van der Waals surface area contributed by atoms with E-state index in [1.807, 2.05) is 41.1 Å². The number of phenolic OH excluding ortho intramolecular Hbond substituents is 1. The van der Waals surface area contributed by atoms with Crippen LogP contribution in [0.25, 0.3) is 0 Å². The molecule has 0 spiro atoms. The van der Waals surface area contributed by atoms with Gasteiger partial charge in [-0.25, -0.2) is 5.43 Å². The summed E-state index contributed by atoms with van der Waals surface area (Å²) in [6, 6.07) is 7.05. The fourth-order valence-corrected chi connectivity index (χ4v) is 2.05. The lowest BCUT2D eigenvalue weighted by atomic mass is 10.2. The number of benzene rings is 1. The van der Waals surface area contributed by atoms with Gasteiger partial charge in [0.15, 0.2) is 0 Å². The lowest BCUT2D eigenvalue weighted by Crippen LogP contribution is -2.17. The number of carbonyl (C=O) groups is 1. The standard InChI is InChI=1S/C15H16IN3O2/c1-10(2)19-6-5-11(9-19)8-17-18-15(21)12-3-4-13(16)14(20)7-12/h3-10,20H,1-2H3,(H,18,21)/b17-8-. The number of amides is 1. The number of hydrazone groups is 1. The van der Waals surface area contributed by atoms with E-state index in [2.05, 4.69) is 28.9 Å². The van der Waals surface area contributed by atoms with Crippen LogP contribution in [0.4, 0.5) is 0 Å². The molecule has 2 rings (SSSR count). The summed E-state index contributed by atoms with van der Waals surface area (Å²) in [5.74, 6) is -0.275. The summed E-state index contributed by atoms with van der Waals surface area (Å²) in [7, 11) is 0. The zero-order valence-electron chi connectivity index (χ0n) is 11.7. The fraction of sp³-hybridized carbons (Fsp3) is 0.200. The molecule has 0 saturated heterocycles. The van der Waals surface area contributed by atoms with Gasteiger partial charge in [0.05, 0.1) is 9.78 Å². The summed E-state index contributed by atoms with van der Waals surface area (Å²) in [4.78, 5) is 11.9. The molecule has 110 valence electrons. The van der Waals surface area contributed by atoms with Gasteiger partial charge in [0.25, 0.3) is 5.91 Å². The van der Waals surface area contributed by atoms with Crippen LogP contribution < -0.4 is 5.43 Å². The van der Waals surface area contributed by atoms with Crippen molar-refractivity contribution >= 4 is 34.7 Å². The van der Waals surface area contributed by atoms with Crippen LogP contribution in [-0.4, -0.2) is 21.8 Å². The van der Waals surface area contributed by atoms with Crippen molar-refractivity contribution in [2.24, 2.45) is 5.10 Å². The molecule has 0 fully saturated rings. The Balaban J connectivity index is 1.99. The van der Waals surface area contributed by atoms with Crippen molar-refractivity contribution in [2.45, 2.75) is 19.9 Å². The molecule has 0 saturated carbocycles. The maximum Gasteiger partial charge on any atom is 0.271 e. The summed E-state index contributed by atoms with van der Waals surface area (Å²) in [5.41, 5.74) is 3.72. The van der Waals surface area contributed by atoms with Gasteiger partial charge in [0.2, 0.25) is 0 Å². The predicted octanol–water partition coefficient (Wildman–Crippen LogP) is 3.14. The van der Waals surface area contributed by atoms with Crippen molar-refractivity contribution in [1.82, 2.24) is 9.99 Å². The maximum absolute atomic E-state index is 11.9. The van der Waals surface area contributed by atoms with Gasteiger partial charge in [-0.15, -0.1) is 0 Å². The Kier molecular flexibility index (Phi) is 5.00.